The molecule has 1 amide bonds. The Labute approximate surface area is 214 Å². The molecule has 0 spiro atoms. The van der Waals surface area contributed by atoms with Gasteiger partial charge in [-0.3, -0.25) is 9.78 Å². The van der Waals surface area contributed by atoms with Crippen LogP contribution in [0, 0.1) is 0 Å². The molecule has 1 saturated heterocycles. The van der Waals surface area contributed by atoms with Gasteiger partial charge >= 0.3 is 6.18 Å². The van der Waals surface area contributed by atoms with Crippen molar-refractivity contribution in [1.29, 1.82) is 0 Å². The van der Waals surface area contributed by atoms with Gasteiger partial charge in [0, 0.05) is 27.7 Å². The summed E-state index contributed by atoms with van der Waals surface area (Å²) in [5.74, 6) is -0.288. The predicted molar refractivity (Wildman–Crippen MR) is 141 cm³/mol. The Balaban J connectivity index is 1.27. The highest BCUT2D eigenvalue weighted by molar-refractivity contribution is 8.16. The number of carbonyl (C=O) groups is 1. The fourth-order valence-corrected chi connectivity index (χ4v) is 5.90. The summed E-state index contributed by atoms with van der Waals surface area (Å²) in [6.45, 7) is 1.84. The molecule has 0 aliphatic carbocycles. The molecular formula is C28H24F3N3O2S. The van der Waals surface area contributed by atoms with Crippen molar-refractivity contribution in [3.8, 4) is 0 Å². The van der Waals surface area contributed by atoms with Crippen LogP contribution in [0.5, 0.6) is 0 Å². The van der Waals surface area contributed by atoms with E-state index in [4.69, 9.17) is 0 Å². The lowest BCUT2D eigenvalue weighted by atomic mass is 9.85. The van der Waals surface area contributed by atoms with Crippen molar-refractivity contribution in [1.82, 2.24) is 9.88 Å². The molecule has 2 heterocycles. The lowest BCUT2D eigenvalue weighted by Gasteiger charge is -2.46. The number of aromatic nitrogens is 1. The van der Waals surface area contributed by atoms with Crippen LogP contribution in [-0.4, -0.2) is 39.4 Å². The van der Waals surface area contributed by atoms with Crippen LogP contribution in [0.15, 0.2) is 90.0 Å². The van der Waals surface area contributed by atoms with Gasteiger partial charge in [-0.25, -0.2) is 0 Å². The Morgan fingerprint density at radius 2 is 1.78 bits per heavy atom. The van der Waals surface area contributed by atoms with Crippen LogP contribution in [-0.2, 0) is 11.8 Å². The third-order valence-electron chi connectivity index (χ3n) is 6.36. The van der Waals surface area contributed by atoms with E-state index in [0.717, 1.165) is 33.6 Å². The molecule has 1 atom stereocenters. The summed E-state index contributed by atoms with van der Waals surface area (Å²) >= 11 is 0. The first-order valence-electron chi connectivity index (χ1n) is 11.6. The number of aliphatic hydroxyl groups is 1. The summed E-state index contributed by atoms with van der Waals surface area (Å²) < 4.78 is 42.6. The second-order valence-corrected chi connectivity index (χ2v) is 10.6. The van der Waals surface area contributed by atoms with Crippen LogP contribution in [0.3, 0.4) is 0 Å². The van der Waals surface area contributed by atoms with Crippen molar-refractivity contribution in [2.75, 3.05) is 17.8 Å². The first-order valence-corrected chi connectivity index (χ1v) is 12.9. The van der Waals surface area contributed by atoms with Gasteiger partial charge in [0.2, 0.25) is 0 Å². The van der Waals surface area contributed by atoms with Crippen LogP contribution in [0.2, 0.25) is 0 Å². The molecule has 1 aromatic heterocycles. The Bertz CT molecular complexity index is 1490. The molecule has 1 unspecified atom stereocenters. The summed E-state index contributed by atoms with van der Waals surface area (Å²) in [7, 11) is -0.400. The highest BCUT2D eigenvalue weighted by atomic mass is 32.2. The van der Waals surface area contributed by atoms with Gasteiger partial charge in [-0.1, -0.05) is 34.9 Å². The van der Waals surface area contributed by atoms with E-state index >= 15 is 0 Å². The standard InChI is InChI=1S/C28H24F3N3O2S/c1-2-37(25-10-4-9-24-23(25)8-5-15-32-24)33-22-13-11-19(12-14-22)26(35)34-17-27(36,18-34)20-6-3-7-21(16-20)28(29,30)31/h2-16,33,36H,17-18H2,1H3. The van der Waals surface area contributed by atoms with E-state index in [1.807, 2.05) is 43.3 Å². The SMILES string of the molecule is C/C=S(\Nc1ccc(C(=O)N2CC(O)(c3cccc(C(F)(F)F)c3)C2)cc1)c1cccc2ncccc12. The Hall–Kier alpha value is -3.69. The van der Waals surface area contributed by atoms with Crippen LogP contribution < -0.4 is 4.72 Å². The number of pyridine rings is 1. The van der Waals surface area contributed by atoms with Crippen LogP contribution in [0.25, 0.3) is 10.9 Å². The Morgan fingerprint density at radius 1 is 1.05 bits per heavy atom. The smallest absolute Gasteiger partial charge is 0.381 e. The third-order valence-corrected chi connectivity index (χ3v) is 8.11. The Kier molecular flexibility index (Phi) is 6.51. The molecule has 1 aliphatic heterocycles. The van der Waals surface area contributed by atoms with E-state index in [9.17, 15) is 23.1 Å². The van der Waals surface area contributed by atoms with Crippen LogP contribution in [0.4, 0.5) is 18.9 Å². The highest BCUT2D eigenvalue weighted by Gasteiger charge is 2.46. The molecule has 37 heavy (non-hydrogen) atoms. The minimum atomic E-state index is -4.50. The fraction of sp³-hybridized carbons (Fsp3) is 0.179. The minimum absolute atomic E-state index is 0.0729. The monoisotopic (exact) mass is 523 g/mol. The maximum Gasteiger partial charge on any atom is 0.416 e. The van der Waals surface area contributed by atoms with Gasteiger partial charge < -0.3 is 14.7 Å². The first kappa shape index (κ1) is 25.0. The number of rotatable bonds is 5. The summed E-state index contributed by atoms with van der Waals surface area (Å²) in [5.41, 5.74) is 0.0136. The highest BCUT2D eigenvalue weighted by Crippen LogP contribution is 2.37. The molecule has 1 fully saturated rings. The van der Waals surface area contributed by atoms with E-state index in [-0.39, 0.29) is 24.6 Å². The number of nitrogens with one attached hydrogen (secondary N) is 1. The first-order chi connectivity index (χ1) is 17.7. The number of carbonyl (C=O) groups excluding carboxylic acids is 1. The molecule has 0 saturated carbocycles. The van der Waals surface area contributed by atoms with Gasteiger partial charge in [0.1, 0.15) is 5.60 Å². The average molecular weight is 524 g/mol. The van der Waals surface area contributed by atoms with E-state index < -0.39 is 28.0 Å². The number of amides is 1. The third kappa shape index (κ3) is 4.97. The zero-order valence-electron chi connectivity index (χ0n) is 19.9. The van der Waals surface area contributed by atoms with E-state index in [0.29, 0.717) is 5.56 Å². The molecule has 4 aromatic rings. The number of nitrogens with zero attached hydrogens (tertiary/aromatic N) is 2. The van der Waals surface area contributed by atoms with Crippen molar-refractivity contribution >= 4 is 38.5 Å². The summed E-state index contributed by atoms with van der Waals surface area (Å²) in [5, 5.41) is 14.0. The second kappa shape index (κ2) is 9.64. The number of benzene rings is 3. The van der Waals surface area contributed by atoms with Gasteiger partial charge in [-0.05, 0) is 72.5 Å². The summed E-state index contributed by atoms with van der Waals surface area (Å²) in [6.07, 6.45) is -2.73. The number of hydrogen-bond acceptors (Lipinski definition) is 4. The maximum atomic E-state index is 13.0. The van der Waals surface area contributed by atoms with Gasteiger partial charge in [-0.2, -0.15) is 13.2 Å². The number of alkyl halides is 3. The summed E-state index contributed by atoms with van der Waals surface area (Å²) in [6, 6.07) is 21.6. The molecule has 190 valence electrons. The zero-order chi connectivity index (χ0) is 26.2. The molecule has 0 bridgehead atoms. The van der Waals surface area contributed by atoms with Gasteiger partial charge in [-0.15, -0.1) is 0 Å². The van der Waals surface area contributed by atoms with Gasteiger partial charge in [0.15, 0.2) is 0 Å². The molecular weight excluding hydrogens is 499 g/mol. The number of β-amino-alcohol motifs (C(OH)–C–C–N with tert-alkyl or cyclic N) is 1. The zero-order valence-corrected chi connectivity index (χ0v) is 20.7. The van der Waals surface area contributed by atoms with Gasteiger partial charge in [0.05, 0.1) is 24.2 Å². The van der Waals surface area contributed by atoms with Crippen molar-refractivity contribution in [3.63, 3.8) is 0 Å². The molecule has 5 rings (SSSR count). The normalized spacial score (nSPS) is 15.9. The largest absolute Gasteiger partial charge is 0.416 e. The number of fused-ring (bicyclic) bond motifs is 1. The van der Waals surface area contributed by atoms with Crippen molar-refractivity contribution in [2.45, 2.75) is 23.6 Å². The molecule has 2 N–H and O–H groups in total. The molecule has 5 nitrogen and oxygen atoms in total. The lowest BCUT2D eigenvalue weighted by molar-refractivity contribution is -0.138. The number of hydrogen-bond donors (Lipinski definition) is 2. The number of likely N-dealkylation sites (tertiary alicyclic amines) is 1. The van der Waals surface area contributed by atoms with E-state index in [1.165, 1.54) is 17.0 Å². The molecule has 3 aromatic carbocycles. The minimum Gasteiger partial charge on any atom is -0.381 e. The van der Waals surface area contributed by atoms with Crippen molar-refractivity contribution in [3.05, 3.63) is 102 Å². The quantitative estimate of drug-likeness (QED) is 0.312. The van der Waals surface area contributed by atoms with Crippen LogP contribution in [0.1, 0.15) is 28.4 Å². The average Bonchev–Trinajstić information content (AvgIpc) is 2.89. The number of halogens is 3. The lowest BCUT2D eigenvalue weighted by Crippen LogP contribution is -2.61. The predicted octanol–water partition coefficient (Wildman–Crippen LogP) is 6.07. The van der Waals surface area contributed by atoms with Crippen molar-refractivity contribution in [2.24, 2.45) is 0 Å². The van der Waals surface area contributed by atoms with Crippen molar-refractivity contribution < 1.29 is 23.1 Å². The molecule has 0 radical (unpaired) electrons. The Morgan fingerprint density at radius 3 is 2.49 bits per heavy atom. The fourth-order valence-electron chi connectivity index (χ4n) is 4.39. The topological polar surface area (TPSA) is 65.5 Å². The molecule has 9 heteroatoms. The van der Waals surface area contributed by atoms with Gasteiger partial charge in [0.25, 0.3) is 5.91 Å². The molecule has 1 aliphatic rings. The summed E-state index contributed by atoms with van der Waals surface area (Å²) in [4.78, 5) is 19.9. The maximum absolute atomic E-state index is 13.0. The van der Waals surface area contributed by atoms with Crippen LogP contribution >= 0.6 is 10.7 Å². The second-order valence-electron chi connectivity index (χ2n) is 8.85. The number of anilines is 1. The van der Waals surface area contributed by atoms with E-state index in [1.54, 1.807) is 18.3 Å². The van der Waals surface area contributed by atoms with E-state index in [2.05, 4.69) is 21.1 Å².